The Hall–Kier alpha value is -3.10. The second-order valence-corrected chi connectivity index (χ2v) is 9.65. The molecule has 0 saturated carbocycles. The van der Waals surface area contributed by atoms with Crippen molar-refractivity contribution in [2.75, 3.05) is 5.32 Å². The van der Waals surface area contributed by atoms with Crippen LogP contribution in [0.1, 0.15) is 25.1 Å². The summed E-state index contributed by atoms with van der Waals surface area (Å²) in [4.78, 5) is 34.4. The SMILES string of the molecule is CC(SCc1ncc(-c2ccc(Cl)cc2)o1)C(=O)Nc1ccc2nc3n(c(=O)c2c1)CCC3. The molecule has 1 aliphatic rings. The molecule has 1 N–H and O–H groups in total. The van der Waals surface area contributed by atoms with Crippen molar-refractivity contribution >= 4 is 45.9 Å². The Kier molecular flexibility index (Phi) is 5.95. The van der Waals surface area contributed by atoms with Gasteiger partial charge in [0.05, 0.1) is 28.1 Å². The van der Waals surface area contributed by atoms with Gasteiger partial charge in [0.1, 0.15) is 5.82 Å². The summed E-state index contributed by atoms with van der Waals surface area (Å²) in [7, 11) is 0. The fraction of sp³-hybridized carbons (Fsp3) is 0.250. The molecule has 0 spiro atoms. The molecule has 0 bridgehead atoms. The van der Waals surface area contributed by atoms with E-state index in [0.717, 1.165) is 24.2 Å². The van der Waals surface area contributed by atoms with E-state index < -0.39 is 0 Å². The number of carbonyl (C=O) groups excluding carboxylic acids is 1. The van der Waals surface area contributed by atoms with Gasteiger partial charge in [0.15, 0.2) is 5.76 Å². The number of fused-ring (bicyclic) bond motifs is 2. The van der Waals surface area contributed by atoms with Gasteiger partial charge in [-0.25, -0.2) is 9.97 Å². The second kappa shape index (κ2) is 9.03. The van der Waals surface area contributed by atoms with Crippen molar-refractivity contribution in [3.63, 3.8) is 0 Å². The molecule has 2 aromatic carbocycles. The largest absolute Gasteiger partial charge is 0.440 e. The topological polar surface area (TPSA) is 90.0 Å². The molecule has 0 saturated heterocycles. The lowest BCUT2D eigenvalue weighted by molar-refractivity contribution is -0.115. The monoisotopic (exact) mass is 480 g/mol. The number of carbonyl (C=O) groups is 1. The fourth-order valence-corrected chi connectivity index (χ4v) is 4.66. The molecule has 168 valence electrons. The van der Waals surface area contributed by atoms with Gasteiger partial charge in [-0.2, -0.15) is 0 Å². The number of nitrogens with one attached hydrogen (secondary N) is 1. The number of aryl methyl sites for hydroxylation is 1. The Morgan fingerprint density at radius 3 is 2.91 bits per heavy atom. The molecule has 0 radical (unpaired) electrons. The smallest absolute Gasteiger partial charge is 0.261 e. The quantitative estimate of drug-likeness (QED) is 0.421. The van der Waals surface area contributed by atoms with Crippen molar-refractivity contribution in [1.82, 2.24) is 14.5 Å². The third-order valence-electron chi connectivity index (χ3n) is 5.59. The van der Waals surface area contributed by atoms with Crippen molar-refractivity contribution in [2.45, 2.75) is 37.3 Å². The number of oxazole rings is 1. The number of nitrogens with zero attached hydrogens (tertiary/aromatic N) is 3. The molecule has 2 aromatic heterocycles. The number of benzene rings is 2. The molecule has 9 heteroatoms. The van der Waals surface area contributed by atoms with E-state index in [0.29, 0.717) is 45.6 Å². The van der Waals surface area contributed by atoms with Gasteiger partial charge in [0, 0.05) is 29.2 Å². The predicted octanol–water partition coefficient (Wildman–Crippen LogP) is 4.91. The number of anilines is 1. The zero-order valence-corrected chi connectivity index (χ0v) is 19.4. The molecule has 1 unspecified atom stereocenters. The van der Waals surface area contributed by atoms with Crippen LogP contribution >= 0.6 is 23.4 Å². The lowest BCUT2D eigenvalue weighted by Gasteiger charge is -2.12. The lowest BCUT2D eigenvalue weighted by Crippen LogP contribution is -2.23. The number of amides is 1. The first-order chi connectivity index (χ1) is 16.0. The maximum Gasteiger partial charge on any atom is 0.261 e. The highest BCUT2D eigenvalue weighted by Crippen LogP contribution is 2.26. The zero-order chi connectivity index (χ0) is 22.9. The van der Waals surface area contributed by atoms with Crippen LogP contribution in [0.15, 0.2) is 57.9 Å². The number of rotatable bonds is 6. The Balaban J connectivity index is 1.23. The average Bonchev–Trinajstić information content (AvgIpc) is 3.48. The minimum atomic E-state index is -0.342. The minimum Gasteiger partial charge on any atom is -0.440 e. The van der Waals surface area contributed by atoms with E-state index >= 15 is 0 Å². The minimum absolute atomic E-state index is 0.0496. The van der Waals surface area contributed by atoms with Crippen LogP contribution < -0.4 is 10.9 Å². The van der Waals surface area contributed by atoms with Gasteiger partial charge in [-0.05, 0) is 55.8 Å². The number of hydrogen-bond donors (Lipinski definition) is 1. The van der Waals surface area contributed by atoms with Crippen LogP contribution in [-0.4, -0.2) is 25.7 Å². The average molecular weight is 481 g/mol. The molecule has 1 amide bonds. The molecule has 4 aromatic rings. The molecule has 1 atom stereocenters. The summed E-state index contributed by atoms with van der Waals surface area (Å²) in [5.41, 5.74) is 2.08. The van der Waals surface area contributed by atoms with Gasteiger partial charge in [-0.1, -0.05) is 11.6 Å². The van der Waals surface area contributed by atoms with Crippen molar-refractivity contribution in [3.8, 4) is 11.3 Å². The molecule has 1 aliphatic heterocycles. The van der Waals surface area contributed by atoms with E-state index in [-0.39, 0.29) is 16.7 Å². The van der Waals surface area contributed by atoms with E-state index in [4.69, 9.17) is 16.0 Å². The zero-order valence-electron chi connectivity index (χ0n) is 17.9. The van der Waals surface area contributed by atoms with E-state index in [9.17, 15) is 9.59 Å². The van der Waals surface area contributed by atoms with Gasteiger partial charge in [0.2, 0.25) is 11.8 Å². The van der Waals surface area contributed by atoms with Crippen LogP contribution in [0.2, 0.25) is 5.02 Å². The molecular weight excluding hydrogens is 460 g/mol. The van der Waals surface area contributed by atoms with Gasteiger partial charge >= 0.3 is 0 Å². The van der Waals surface area contributed by atoms with Crippen LogP contribution in [0.3, 0.4) is 0 Å². The second-order valence-electron chi connectivity index (χ2n) is 7.89. The maximum absolute atomic E-state index is 12.8. The molecule has 0 fully saturated rings. The molecular formula is C24H21ClN4O3S. The first-order valence-corrected chi connectivity index (χ1v) is 12.1. The van der Waals surface area contributed by atoms with Crippen molar-refractivity contribution in [1.29, 1.82) is 0 Å². The summed E-state index contributed by atoms with van der Waals surface area (Å²) in [6, 6.07) is 12.6. The van der Waals surface area contributed by atoms with Gasteiger partial charge in [-0.15, -0.1) is 11.8 Å². The van der Waals surface area contributed by atoms with Crippen molar-refractivity contribution in [3.05, 3.63) is 75.8 Å². The van der Waals surface area contributed by atoms with E-state index in [1.54, 1.807) is 41.1 Å². The van der Waals surface area contributed by atoms with Gasteiger partial charge in [0.25, 0.3) is 5.56 Å². The van der Waals surface area contributed by atoms with Crippen molar-refractivity contribution < 1.29 is 9.21 Å². The Morgan fingerprint density at radius 2 is 2.09 bits per heavy atom. The van der Waals surface area contributed by atoms with E-state index in [1.807, 2.05) is 19.1 Å². The van der Waals surface area contributed by atoms with Crippen molar-refractivity contribution in [2.24, 2.45) is 0 Å². The summed E-state index contributed by atoms with van der Waals surface area (Å²) in [6.07, 6.45) is 3.43. The highest BCUT2D eigenvalue weighted by atomic mass is 35.5. The summed E-state index contributed by atoms with van der Waals surface area (Å²) in [5, 5.41) is 3.74. The number of hydrogen-bond acceptors (Lipinski definition) is 6. The summed E-state index contributed by atoms with van der Waals surface area (Å²) >= 11 is 7.35. The molecule has 33 heavy (non-hydrogen) atoms. The lowest BCUT2D eigenvalue weighted by atomic mass is 10.2. The molecule has 7 nitrogen and oxygen atoms in total. The molecule has 0 aliphatic carbocycles. The van der Waals surface area contributed by atoms with Crippen LogP contribution in [0.25, 0.3) is 22.2 Å². The fourth-order valence-electron chi connectivity index (χ4n) is 3.80. The highest BCUT2D eigenvalue weighted by molar-refractivity contribution is 7.99. The molecule has 5 rings (SSSR count). The third-order valence-corrected chi connectivity index (χ3v) is 6.97. The Bertz CT molecular complexity index is 1400. The Labute approximate surface area is 199 Å². The maximum atomic E-state index is 12.8. The van der Waals surface area contributed by atoms with E-state index in [2.05, 4.69) is 15.3 Å². The van der Waals surface area contributed by atoms with Crippen LogP contribution in [0.4, 0.5) is 5.69 Å². The van der Waals surface area contributed by atoms with Gasteiger partial charge < -0.3 is 9.73 Å². The first kappa shape index (κ1) is 21.7. The normalized spacial score (nSPS) is 13.8. The standard InChI is InChI=1S/C24H21ClN4O3S/c1-14(33-13-22-26-12-20(32-22)15-4-6-16(25)7-5-15)23(30)27-17-8-9-19-18(11-17)24(31)29-10-2-3-21(29)28-19/h4-9,11-12,14H,2-3,10,13H2,1H3,(H,27,30). The number of halogens is 1. The third kappa shape index (κ3) is 4.54. The number of aromatic nitrogens is 3. The Morgan fingerprint density at radius 1 is 1.27 bits per heavy atom. The summed E-state index contributed by atoms with van der Waals surface area (Å²) < 4.78 is 7.53. The van der Waals surface area contributed by atoms with Crippen LogP contribution in [0.5, 0.6) is 0 Å². The highest BCUT2D eigenvalue weighted by Gasteiger charge is 2.18. The van der Waals surface area contributed by atoms with Gasteiger partial charge in [-0.3, -0.25) is 14.2 Å². The predicted molar refractivity (Wildman–Crippen MR) is 131 cm³/mol. The summed E-state index contributed by atoms with van der Waals surface area (Å²) in [6.45, 7) is 2.52. The first-order valence-electron chi connectivity index (χ1n) is 10.6. The molecule has 3 heterocycles. The van der Waals surface area contributed by atoms with Crippen LogP contribution in [-0.2, 0) is 23.5 Å². The van der Waals surface area contributed by atoms with Crippen LogP contribution in [0, 0.1) is 0 Å². The number of thioether (sulfide) groups is 1. The van der Waals surface area contributed by atoms with E-state index in [1.165, 1.54) is 11.8 Å². The summed E-state index contributed by atoms with van der Waals surface area (Å²) in [5.74, 6) is 2.33.